The van der Waals surface area contributed by atoms with Gasteiger partial charge in [-0.15, -0.1) is 0 Å². The Labute approximate surface area is 129 Å². The third-order valence-electron chi connectivity index (χ3n) is 3.79. The zero-order valence-corrected chi connectivity index (χ0v) is 14.2. The van der Waals surface area contributed by atoms with Crippen molar-refractivity contribution in [1.82, 2.24) is 14.9 Å². The number of halogens is 1. The Bertz CT molecular complexity index is 566. The standard InChI is InChI=1S/C16H22BrN3/c1-11-9-13(10-12(2)16(11)17)14(18-3)5-6-15-19-7-8-20(15)4/h7-10,14,18H,5-6H2,1-4H3. The molecule has 0 spiro atoms. The SMILES string of the molecule is CNC(CCc1nccn1C)c1cc(C)c(Br)c(C)c1. The molecule has 1 N–H and O–H groups in total. The fourth-order valence-corrected chi connectivity index (χ4v) is 2.80. The third kappa shape index (κ3) is 3.30. The number of aromatic nitrogens is 2. The molecule has 108 valence electrons. The summed E-state index contributed by atoms with van der Waals surface area (Å²) in [4.78, 5) is 4.39. The van der Waals surface area contributed by atoms with Gasteiger partial charge in [0.2, 0.25) is 0 Å². The lowest BCUT2D eigenvalue weighted by molar-refractivity contribution is 0.535. The lowest BCUT2D eigenvalue weighted by Crippen LogP contribution is -2.18. The number of hydrogen-bond acceptors (Lipinski definition) is 2. The largest absolute Gasteiger partial charge is 0.338 e. The summed E-state index contributed by atoms with van der Waals surface area (Å²) in [6.07, 6.45) is 5.88. The molecule has 0 amide bonds. The predicted octanol–water partition coefficient (Wildman–Crippen LogP) is 3.69. The molecule has 1 atom stereocenters. The van der Waals surface area contributed by atoms with E-state index in [4.69, 9.17) is 0 Å². The van der Waals surface area contributed by atoms with Gasteiger partial charge in [0.05, 0.1) is 0 Å². The van der Waals surface area contributed by atoms with Gasteiger partial charge in [-0.1, -0.05) is 28.1 Å². The first-order valence-electron chi connectivity index (χ1n) is 6.93. The number of nitrogens with one attached hydrogen (secondary N) is 1. The quantitative estimate of drug-likeness (QED) is 0.902. The molecule has 1 heterocycles. The van der Waals surface area contributed by atoms with Crippen LogP contribution in [0.4, 0.5) is 0 Å². The lowest BCUT2D eigenvalue weighted by atomic mass is 9.98. The first-order valence-corrected chi connectivity index (χ1v) is 7.72. The van der Waals surface area contributed by atoms with E-state index < -0.39 is 0 Å². The Morgan fingerprint density at radius 1 is 1.30 bits per heavy atom. The van der Waals surface area contributed by atoms with E-state index in [1.807, 2.05) is 26.5 Å². The van der Waals surface area contributed by atoms with Crippen molar-refractivity contribution in [2.45, 2.75) is 32.7 Å². The molecule has 2 rings (SSSR count). The predicted molar refractivity (Wildman–Crippen MR) is 86.9 cm³/mol. The van der Waals surface area contributed by atoms with Crippen LogP contribution in [-0.4, -0.2) is 16.6 Å². The normalized spacial score (nSPS) is 12.7. The van der Waals surface area contributed by atoms with E-state index in [2.05, 4.69) is 56.8 Å². The van der Waals surface area contributed by atoms with Gasteiger partial charge in [-0.3, -0.25) is 0 Å². The molecule has 0 saturated carbocycles. The minimum atomic E-state index is 0.359. The molecule has 0 aliphatic rings. The molecular weight excluding hydrogens is 314 g/mol. The number of hydrogen-bond donors (Lipinski definition) is 1. The highest BCUT2D eigenvalue weighted by Gasteiger charge is 2.13. The summed E-state index contributed by atoms with van der Waals surface area (Å²) in [7, 11) is 4.07. The topological polar surface area (TPSA) is 29.9 Å². The highest BCUT2D eigenvalue weighted by atomic mass is 79.9. The molecule has 0 aliphatic heterocycles. The van der Waals surface area contributed by atoms with Crippen LogP contribution < -0.4 is 5.32 Å². The van der Waals surface area contributed by atoms with Crippen molar-refractivity contribution < 1.29 is 0 Å². The van der Waals surface area contributed by atoms with Crippen LogP contribution in [0.2, 0.25) is 0 Å². The Balaban J connectivity index is 2.14. The van der Waals surface area contributed by atoms with E-state index in [0.717, 1.165) is 18.7 Å². The van der Waals surface area contributed by atoms with E-state index in [9.17, 15) is 0 Å². The molecule has 3 nitrogen and oxygen atoms in total. The van der Waals surface area contributed by atoms with Crippen LogP contribution in [0.5, 0.6) is 0 Å². The van der Waals surface area contributed by atoms with Gasteiger partial charge >= 0.3 is 0 Å². The molecule has 0 aliphatic carbocycles. The molecule has 0 fully saturated rings. The summed E-state index contributed by atoms with van der Waals surface area (Å²) < 4.78 is 3.30. The average molecular weight is 336 g/mol. The third-order valence-corrected chi connectivity index (χ3v) is 5.04. The van der Waals surface area contributed by atoms with Crippen LogP contribution in [0.15, 0.2) is 29.0 Å². The van der Waals surface area contributed by atoms with Gasteiger partial charge in [-0.05, 0) is 44.0 Å². The molecule has 20 heavy (non-hydrogen) atoms. The molecule has 1 aromatic carbocycles. The van der Waals surface area contributed by atoms with Gasteiger partial charge < -0.3 is 9.88 Å². The zero-order valence-electron chi connectivity index (χ0n) is 12.6. The monoisotopic (exact) mass is 335 g/mol. The Morgan fingerprint density at radius 3 is 2.45 bits per heavy atom. The lowest BCUT2D eigenvalue weighted by Gasteiger charge is -2.18. The number of benzene rings is 1. The highest BCUT2D eigenvalue weighted by Crippen LogP contribution is 2.27. The van der Waals surface area contributed by atoms with Crippen LogP contribution in [-0.2, 0) is 13.5 Å². The van der Waals surface area contributed by atoms with Crippen LogP contribution in [0.25, 0.3) is 0 Å². The molecular formula is C16H22BrN3. The van der Waals surface area contributed by atoms with E-state index in [0.29, 0.717) is 6.04 Å². The molecule has 1 unspecified atom stereocenters. The second kappa shape index (κ2) is 6.55. The minimum absolute atomic E-state index is 0.359. The maximum atomic E-state index is 4.39. The average Bonchev–Trinajstić information content (AvgIpc) is 2.82. The molecule has 1 aromatic heterocycles. The zero-order chi connectivity index (χ0) is 14.7. The van der Waals surface area contributed by atoms with Crippen molar-refractivity contribution in [2.75, 3.05) is 7.05 Å². The second-order valence-electron chi connectivity index (χ2n) is 5.30. The minimum Gasteiger partial charge on any atom is -0.338 e. The number of rotatable bonds is 5. The molecule has 0 saturated heterocycles. The Kier molecular flexibility index (Phi) is 5.00. The summed E-state index contributed by atoms with van der Waals surface area (Å²) in [6.45, 7) is 4.29. The van der Waals surface area contributed by atoms with Crippen LogP contribution in [0.3, 0.4) is 0 Å². The summed E-state index contributed by atoms with van der Waals surface area (Å²) >= 11 is 3.63. The summed E-state index contributed by atoms with van der Waals surface area (Å²) in [5.74, 6) is 1.14. The maximum Gasteiger partial charge on any atom is 0.108 e. The molecule has 0 bridgehead atoms. The van der Waals surface area contributed by atoms with Crippen molar-refractivity contribution >= 4 is 15.9 Å². The van der Waals surface area contributed by atoms with E-state index >= 15 is 0 Å². The van der Waals surface area contributed by atoms with Crippen molar-refractivity contribution in [2.24, 2.45) is 7.05 Å². The van der Waals surface area contributed by atoms with Gasteiger partial charge in [0.15, 0.2) is 0 Å². The fraction of sp³-hybridized carbons (Fsp3) is 0.438. The molecule has 4 heteroatoms. The van der Waals surface area contributed by atoms with Crippen molar-refractivity contribution in [1.29, 1.82) is 0 Å². The van der Waals surface area contributed by atoms with Gasteiger partial charge in [0, 0.05) is 36.4 Å². The molecule has 0 radical (unpaired) electrons. The van der Waals surface area contributed by atoms with Crippen molar-refractivity contribution in [3.8, 4) is 0 Å². The van der Waals surface area contributed by atoms with Crippen molar-refractivity contribution in [3.63, 3.8) is 0 Å². The number of nitrogens with zero attached hydrogens (tertiary/aromatic N) is 2. The fourth-order valence-electron chi connectivity index (χ4n) is 2.57. The first kappa shape index (κ1) is 15.3. The van der Waals surface area contributed by atoms with Gasteiger partial charge in [0.1, 0.15) is 5.82 Å². The van der Waals surface area contributed by atoms with Gasteiger partial charge in [-0.25, -0.2) is 4.98 Å². The number of imidazole rings is 1. The van der Waals surface area contributed by atoms with E-state index in [1.54, 1.807) is 0 Å². The maximum absolute atomic E-state index is 4.39. The highest BCUT2D eigenvalue weighted by molar-refractivity contribution is 9.10. The van der Waals surface area contributed by atoms with Crippen LogP contribution in [0, 0.1) is 13.8 Å². The summed E-state index contributed by atoms with van der Waals surface area (Å²) in [6, 6.07) is 4.88. The van der Waals surface area contributed by atoms with E-state index in [1.165, 1.54) is 21.2 Å². The summed E-state index contributed by atoms with van der Waals surface area (Å²) in [5, 5.41) is 3.42. The number of aryl methyl sites for hydroxylation is 4. The second-order valence-corrected chi connectivity index (χ2v) is 6.10. The first-order chi connectivity index (χ1) is 9.52. The Morgan fingerprint density at radius 2 is 1.95 bits per heavy atom. The van der Waals surface area contributed by atoms with Crippen LogP contribution >= 0.6 is 15.9 Å². The van der Waals surface area contributed by atoms with Crippen molar-refractivity contribution in [3.05, 3.63) is 51.5 Å². The van der Waals surface area contributed by atoms with E-state index in [-0.39, 0.29) is 0 Å². The Hall–Kier alpha value is -1.13. The van der Waals surface area contributed by atoms with Gasteiger partial charge in [0.25, 0.3) is 0 Å². The van der Waals surface area contributed by atoms with Gasteiger partial charge in [-0.2, -0.15) is 0 Å². The van der Waals surface area contributed by atoms with Crippen LogP contribution in [0.1, 0.15) is 35.0 Å². The molecule has 2 aromatic rings. The smallest absolute Gasteiger partial charge is 0.108 e. The summed E-state index contributed by atoms with van der Waals surface area (Å²) in [5.41, 5.74) is 3.93.